The normalized spacial score (nSPS) is 14.0. The number of anilines is 2. The average Bonchev–Trinajstić information content (AvgIpc) is 3.96. The summed E-state index contributed by atoms with van der Waals surface area (Å²) in [6.45, 7) is 12.0. The SMILES string of the molecule is CCN=C(/C=C(/C)N)C(=O)Nc1nc2cc(C(N)=O)cc(OC)c2n1C/C=C/Cn1c(NC)nc2cc(C(N)=O)cc(OC/C=C/CN3CCC(N)CC3)c21.CCn1nc(C)cc1C=O. The number of piperidine rings is 1. The third-order valence-corrected chi connectivity index (χ3v) is 10.4. The van der Waals surface area contributed by atoms with E-state index in [9.17, 15) is 19.2 Å². The van der Waals surface area contributed by atoms with Crippen molar-refractivity contribution in [1.29, 1.82) is 0 Å². The smallest absolute Gasteiger partial charge is 0.276 e. The number of amides is 3. The van der Waals surface area contributed by atoms with Crippen molar-refractivity contribution < 1.29 is 28.7 Å². The van der Waals surface area contributed by atoms with E-state index in [2.05, 4.69) is 36.7 Å². The van der Waals surface area contributed by atoms with Gasteiger partial charge in [-0.15, -0.1) is 0 Å². The van der Waals surface area contributed by atoms with E-state index >= 15 is 0 Å². The van der Waals surface area contributed by atoms with Crippen LogP contribution in [0.25, 0.3) is 22.1 Å². The van der Waals surface area contributed by atoms with E-state index in [0.717, 1.165) is 51.0 Å². The minimum atomic E-state index is -0.653. The quantitative estimate of drug-likeness (QED) is 0.0394. The number of ether oxygens (including phenoxy) is 2. The first-order chi connectivity index (χ1) is 31.2. The molecule has 20 heteroatoms. The molecule has 0 spiro atoms. The summed E-state index contributed by atoms with van der Waals surface area (Å²) in [5.41, 5.74) is 27.9. The molecule has 0 unspecified atom stereocenters. The molecule has 1 aliphatic rings. The Labute approximate surface area is 377 Å². The van der Waals surface area contributed by atoms with E-state index in [1.807, 2.05) is 43.6 Å². The molecular formula is C45H60N14O6. The van der Waals surface area contributed by atoms with Gasteiger partial charge >= 0.3 is 0 Å². The highest BCUT2D eigenvalue weighted by Gasteiger charge is 2.22. The van der Waals surface area contributed by atoms with E-state index in [-0.39, 0.29) is 42.0 Å². The summed E-state index contributed by atoms with van der Waals surface area (Å²) in [6, 6.07) is 8.38. The number of methoxy groups -OCH3 is 1. The first-order valence-corrected chi connectivity index (χ1v) is 21.3. The van der Waals surface area contributed by atoms with E-state index in [4.69, 9.17) is 37.4 Å². The van der Waals surface area contributed by atoms with Crippen LogP contribution in [0.1, 0.15) is 70.5 Å². The molecule has 1 fully saturated rings. The van der Waals surface area contributed by atoms with E-state index < -0.39 is 17.7 Å². The highest BCUT2D eigenvalue weighted by molar-refractivity contribution is 6.47. The Bertz CT molecular complexity index is 2620. The standard InChI is InChI=1S/C38H50N12O5.C7H10N2O/c1-5-44-29(18-23(2)39)36(53)47-38-46-27-19-24(34(41)51)21-30(54-4)32(27)50(38)14-7-6-13-49-33-28(45-37(49)43-3)20-25(35(42)52)22-31(33)55-17-9-8-12-48-15-10-26(40)11-16-48;1-3-9-7(5-10)4-6(2)8-9/h6-9,18-22,26H,5,10-17,39-40H2,1-4H3,(H2,41,51)(H2,42,52)(H,43,45)(H,46,47,53);4-5H,3H2,1-2H3/b7-6+,9-8+,23-18-,44-29?;. The summed E-state index contributed by atoms with van der Waals surface area (Å²) < 4.78 is 17.2. The van der Waals surface area contributed by atoms with Crippen LogP contribution in [0.4, 0.5) is 11.9 Å². The van der Waals surface area contributed by atoms with Gasteiger partial charge in [0.25, 0.3) is 5.91 Å². The van der Waals surface area contributed by atoms with E-state index in [1.54, 1.807) is 47.5 Å². The van der Waals surface area contributed by atoms with Crippen LogP contribution in [0.15, 0.2) is 71.4 Å². The van der Waals surface area contributed by atoms with Crippen molar-refractivity contribution in [2.75, 3.05) is 57.6 Å². The van der Waals surface area contributed by atoms with Crippen LogP contribution < -0.4 is 43.0 Å². The zero-order valence-corrected chi connectivity index (χ0v) is 37.8. The van der Waals surface area contributed by atoms with Gasteiger partial charge < -0.3 is 46.9 Å². The third kappa shape index (κ3) is 12.4. The summed E-state index contributed by atoms with van der Waals surface area (Å²) >= 11 is 0. The second kappa shape index (κ2) is 22.9. The van der Waals surface area contributed by atoms with Crippen LogP contribution in [0.3, 0.4) is 0 Å². The van der Waals surface area contributed by atoms with E-state index in [1.165, 1.54) is 19.3 Å². The van der Waals surface area contributed by atoms with Gasteiger partial charge in [-0.2, -0.15) is 5.10 Å². The number of benzene rings is 2. The predicted molar refractivity (Wildman–Crippen MR) is 253 cm³/mol. The van der Waals surface area contributed by atoms with Gasteiger partial charge in [-0.05, 0) is 90.0 Å². The topological polar surface area (TPSA) is 284 Å². The molecule has 3 amide bonds. The molecule has 1 aliphatic heterocycles. The molecule has 10 N–H and O–H groups in total. The number of likely N-dealkylation sites (tertiary alicyclic amines) is 1. The maximum Gasteiger partial charge on any atom is 0.276 e. The Morgan fingerprint density at radius 2 is 1.45 bits per heavy atom. The molecule has 65 heavy (non-hydrogen) atoms. The minimum absolute atomic E-state index is 0.133. The number of hydrogen-bond acceptors (Lipinski definition) is 14. The van der Waals surface area contributed by atoms with Gasteiger partial charge in [-0.25, -0.2) is 9.97 Å². The predicted octanol–water partition coefficient (Wildman–Crippen LogP) is 3.53. The fourth-order valence-corrected chi connectivity index (χ4v) is 7.23. The fourth-order valence-electron chi connectivity index (χ4n) is 7.23. The Morgan fingerprint density at radius 3 is 1.98 bits per heavy atom. The lowest BCUT2D eigenvalue weighted by atomic mass is 10.1. The Hall–Kier alpha value is -7.32. The number of primary amides is 2. The lowest BCUT2D eigenvalue weighted by molar-refractivity contribution is -0.110. The number of imidazole rings is 2. The summed E-state index contributed by atoms with van der Waals surface area (Å²) in [4.78, 5) is 64.1. The van der Waals surface area contributed by atoms with Gasteiger partial charge in [0, 0.05) is 62.6 Å². The monoisotopic (exact) mass is 892 g/mol. The highest BCUT2D eigenvalue weighted by Crippen LogP contribution is 2.32. The van der Waals surface area contributed by atoms with Crippen LogP contribution in [-0.4, -0.2) is 116 Å². The molecular weight excluding hydrogens is 833 g/mol. The molecule has 0 aliphatic carbocycles. The van der Waals surface area contributed by atoms with Gasteiger partial charge in [0.1, 0.15) is 40.5 Å². The van der Waals surface area contributed by atoms with Crippen molar-refractivity contribution in [2.24, 2.45) is 27.9 Å². The summed E-state index contributed by atoms with van der Waals surface area (Å²) in [5.74, 6) is -0.244. The Morgan fingerprint density at radius 1 is 0.862 bits per heavy atom. The molecule has 6 rings (SSSR count). The second-order valence-electron chi connectivity index (χ2n) is 15.2. The largest absolute Gasteiger partial charge is 0.494 e. The number of hydrogen-bond donors (Lipinski definition) is 6. The molecule has 4 heterocycles. The molecule has 0 bridgehead atoms. The number of aromatic nitrogens is 6. The molecule has 20 nitrogen and oxygen atoms in total. The maximum absolute atomic E-state index is 13.4. The first kappa shape index (κ1) is 48.7. The van der Waals surface area contributed by atoms with Gasteiger partial charge in [0.2, 0.25) is 23.7 Å². The number of rotatable bonds is 19. The fraction of sp³-hybridized carbons (Fsp3) is 0.378. The van der Waals surface area contributed by atoms with Crippen molar-refractivity contribution >= 4 is 63.7 Å². The van der Waals surface area contributed by atoms with Crippen LogP contribution in [-0.2, 0) is 24.4 Å². The number of nitrogens with zero attached hydrogens (tertiary/aromatic N) is 8. The maximum atomic E-state index is 13.4. The molecule has 1 saturated heterocycles. The van der Waals surface area contributed by atoms with Crippen LogP contribution >= 0.6 is 0 Å². The number of nitrogens with one attached hydrogen (secondary N) is 2. The van der Waals surface area contributed by atoms with Crippen LogP contribution in [0.2, 0.25) is 0 Å². The lowest BCUT2D eigenvalue weighted by Crippen LogP contribution is -2.39. The van der Waals surface area contributed by atoms with Gasteiger partial charge in [0.05, 0.1) is 23.8 Å². The molecule has 5 aromatic rings. The molecule has 2 aromatic carbocycles. The number of fused-ring (bicyclic) bond motifs is 2. The number of aryl methyl sites for hydroxylation is 2. The number of carbonyl (C=O) groups excluding carboxylic acids is 4. The van der Waals surface area contributed by atoms with Crippen LogP contribution in [0.5, 0.6) is 11.5 Å². The zero-order valence-electron chi connectivity index (χ0n) is 37.8. The van der Waals surface area contributed by atoms with Crippen molar-refractivity contribution in [1.82, 2.24) is 33.8 Å². The van der Waals surface area contributed by atoms with Gasteiger partial charge in [-0.1, -0.05) is 24.3 Å². The summed E-state index contributed by atoms with van der Waals surface area (Å²) in [6.07, 6.45) is 12.1. The molecule has 3 aromatic heterocycles. The number of aliphatic imine (C=N–C) groups is 1. The molecule has 0 radical (unpaired) electrons. The van der Waals surface area contributed by atoms with Crippen LogP contribution in [0, 0.1) is 6.92 Å². The van der Waals surface area contributed by atoms with Crippen molar-refractivity contribution in [3.63, 3.8) is 0 Å². The van der Waals surface area contributed by atoms with Gasteiger partial charge in [-0.3, -0.25) is 39.1 Å². The minimum Gasteiger partial charge on any atom is -0.494 e. The average molecular weight is 893 g/mol. The Kier molecular flexibility index (Phi) is 17.1. The molecule has 346 valence electrons. The number of allylic oxidation sites excluding steroid dienone is 3. The van der Waals surface area contributed by atoms with Gasteiger partial charge in [0.15, 0.2) is 6.29 Å². The van der Waals surface area contributed by atoms with Crippen molar-refractivity contribution in [3.8, 4) is 11.5 Å². The summed E-state index contributed by atoms with van der Waals surface area (Å²) in [5, 5.41) is 10.1. The van der Waals surface area contributed by atoms with E-state index in [0.29, 0.717) is 64.0 Å². The lowest BCUT2D eigenvalue weighted by Gasteiger charge is -2.28. The molecule has 0 saturated carbocycles. The first-order valence-electron chi connectivity index (χ1n) is 21.3. The zero-order chi connectivity index (χ0) is 47.2. The highest BCUT2D eigenvalue weighted by atomic mass is 16.5. The number of nitrogens with two attached hydrogens (primary N) is 4. The number of aldehydes is 1. The Balaban J connectivity index is 0.000000699. The molecule has 0 atom stereocenters. The second-order valence-corrected chi connectivity index (χ2v) is 15.2. The number of carbonyl (C=O) groups is 4. The van der Waals surface area contributed by atoms with Crippen molar-refractivity contribution in [2.45, 2.75) is 66.2 Å². The van der Waals surface area contributed by atoms with Crippen molar-refractivity contribution in [3.05, 3.63) is 88.9 Å². The third-order valence-electron chi connectivity index (χ3n) is 10.4. The summed E-state index contributed by atoms with van der Waals surface area (Å²) in [7, 11) is 3.23.